The van der Waals surface area contributed by atoms with E-state index in [0.29, 0.717) is 6.07 Å². The Bertz CT molecular complexity index is 427. The van der Waals surface area contributed by atoms with Crippen LogP contribution in [-0.4, -0.2) is 11.1 Å². The van der Waals surface area contributed by atoms with Crippen molar-refractivity contribution < 1.29 is 23.1 Å². The van der Waals surface area contributed by atoms with Gasteiger partial charge in [-0.25, -0.2) is 13.2 Å². The van der Waals surface area contributed by atoms with Crippen LogP contribution in [0, 0.1) is 22.9 Å². The van der Waals surface area contributed by atoms with Crippen LogP contribution in [-0.2, 0) is 11.2 Å². The van der Waals surface area contributed by atoms with Crippen LogP contribution >= 0.6 is 0 Å². The van der Waals surface area contributed by atoms with E-state index in [9.17, 15) is 18.0 Å². The van der Waals surface area contributed by atoms with Crippen LogP contribution in [0.3, 0.4) is 0 Å². The van der Waals surface area contributed by atoms with Gasteiger partial charge in [0, 0.05) is 6.07 Å². The van der Waals surface area contributed by atoms with Gasteiger partial charge >= 0.3 is 5.97 Å². The minimum atomic E-state index is -1.31. The zero-order chi connectivity index (χ0) is 12.5. The molecule has 0 saturated carbocycles. The fourth-order valence-electron chi connectivity index (χ4n) is 1.29. The van der Waals surface area contributed by atoms with E-state index in [1.54, 1.807) is 0 Å². The normalized spacial score (nSPS) is 11.6. The van der Waals surface area contributed by atoms with Gasteiger partial charge in [0.2, 0.25) is 0 Å². The lowest BCUT2D eigenvalue weighted by Crippen LogP contribution is -2.26. The summed E-state index contributed by atoms with van der Waals surface area (Å²) in [5.74, 6) is -4.58. The van der Waals surface area contributed by atoms with E-state index in [1.807, 2.05) is 0 Å². The Morgan fingerprint density at radius 3 is 2.38 bits per heavy atom. The van der Waals surface area contributed by atoms with Crippen molar-refractivity contribution in [3.63, 3.8) is 0 Å². The third kappa shape index (κ3) is 2.53. The second-order valence-corrected chi connectivity index (χ2v) is 4.23. The third-order valence-corrected chi connectivity index (χ3v) is 2.28. The molecule has 0 aliphatic heterocycles. The average molecular weight is 232 g/mol. The van der Waals surface area contributed by atoms with Gasteiger partial charge in [-0.1, -0.05) is 0 Å². The van der Waals surface area contributed by atoms with Gasteiger partial charge in [-0.2, -0.15) is 0 Å². The number of carboxylic acids is 1. The number of aliphatic carboxylic acids is 1. The fraction of sp³-hybridized carbons (Fsp3) is 0.364. The predicted octanol–water partition coefficient (Wildman–Crippen LogP) is 2.76. The highest BCUT2D eigenvalue weighted by Crippen LogP contribution is 2.25. The molecule has 0 spiro atoms. The summed E-state index contributed by atoms with van der Waals surface area (Å²) < 4.78 is 38.9. The number of carboxylic acid groups (broad SMARTS) is 1. The van der Waals surface area contributed by atoms with E-state index in [1.165, 1.54) is 13.8 Å². The first-order valence-electron chi connectivity index (χ1n) is 4.61. The van der Waals surface area contributed by atoms with Gasteiger partial charge in [-0.3, -0.25) is 4.79 Å². The number of halogens is 3. The Morgan fingerprint density at radius 2 is 1.88 bits per heavy atom. The molecule has 1 rings (SSSR count). The minimum absolute atomic E-state index is 0.273. The molecule has 0 aliphatic carbocycles. The molecule has 0 unspecified atom stereocenters. The summed E-state index contributed by atoms with van der Waals surface area (Å²) in [6, 6.07) is 1.23. The molecular formula is C11H11F3O2. The van der Waals surface area contributed by atoms with Gasteiger partial charge in [0.25, 0.3) is 0 Å². The number of benzene rings is 1. The van der Waals surface area contributed by atoms with Gasteiger partial charge in [0.05, 0.1) is 5.41 Å². The van der Waals surface area contributed by atoms with Crippen LogP contribution < -0.4 is 0 Å². The van der Waals surface area contributed by atoms with Crippen LogP contribution in [0.1, 0.15) is 19.4 Å². The van der Waals surface area contributed by atoms with Crippen molar-refractivity contribution in [2.24, 2.45) is 5.41 Å². The number of carbonyl (C=O) groups is 1. The molecule has 0 fully saturated rings. The van der Waals surface area contributed by atoms with Crippen LogP contribution in [0.15, 0.2) is 12.1 Å². The summed E-state index contributed by atoms with van der Waals surface area (Å²) in [5, 5.41) is 8.82. The Balaban J connectivity index is 3.11. The van der Waals surface area contributed by atoms with Gasteiger partial charge in [0.15, 0.2) is 11.6 Å². The molecule has 5 heteroatoms. The molecule has 1 aromatic carbocycles. The maximum absolute atomic E-state index is 13.2. The van der Waals surface area contributed by atoms with Crippen molar-refractivity contribution in [1.82, 2.24) is 0 Å². The molecule has 0 heterocycles. The summed E-state index contributed by atoms with van der Waals surface area (Å²) in [5.41, 5.74) is -1.55. The molecule has 0 amide bonds. The molecule has 2 nitrogen and oxygen atoms in total. The molecule has 0 aliphatic rings. The summed E-state index contributed by atoms with van der Waals surface area (Å²) >= 11 is 0. The van der Waals surface area contributed by atoms with E-state index in [2.05, 4.69) is 0 Å². The van der Waals surface area contributed by atoms with E-state index >= 15 is 0 Å². The maximum atomic E-state index is 13.2. The van der Waals surface area contributed by atoms with Gasteiger partial charge < -0.3 is 5.11 Å². The highest BCUT2D eigenvalue weighted by atomic mass is 19.2. The quantitative estimate of drug-likeness (QED) is 0.813. The van der Waals surface area contributed by atoms with Gasteiger partial charge in [-0.15, -0.1) is 0 Å². The standard InChI is InChI=1S/C11H11F3O2/c1-11(2,10(15)16)5-6-3-7(12)4-8(13)9(6)14/h3-4H,5H2,1-2H3,(H,15,16). The highest BCUT2D eigenvalue weighted by molar-refractivity contribution is 5.74. The van der Waals surface area contributed by atoms with Gasteiger partial charge in [0.1, 0.15) is 5.82 Å². The maximum Gasteiger partial charge on any atom is 0.309 e. The lowest BCUT2D eigenvalue weighted by atomic mass is 9.85. The Hall–Kier alpha value is -1.52. The number of hydrogen-bond acceptors (Lipinski definition) is 1. The zero-order valence-electron chi connectivity index (χ0n) is 8.85. The van der Waals surface area contributed by atoms with Crippen molar-refractivity contribution in [1.29, 1.82) is 0 Å². The molecule has 1 aromatic rings. The fourth-order valence-corrected chi connectivity index (χ4v) is 1.29. The monoisotopic (exact) mass is 232 g/mol. The Kier molecular flexibility index (Phi) is 3.26. The molecule has 0 aromatic heterocycles. The van der Waals surface area contributed by atoms with Crippen molar-refractivity contribution in [3.8, 4) is 0 Å². The van der Waals surface area contributed by atoms with Crippen LogP contribution in [0.4, 0.5) is 13.2 Å². The number of rotatable bonds is 3. The smallest absolute Gasteiger partial charge is 0.309 e. The lowest BCUT2D eigenvalue weighted by molar-refractivity contribution is -0.146. The minimum Gasteiger partial charge on any atom is -0.481 e. The van der Waals surface area contributed by atoms with E-state index < -0.39 is 28.8 Å². The van der Waals surface area contributed by atoms with Crippen molar-refractivity contribution >= 4 is 5.97 Å². The molecule has 16 heavy (non-hydrogen) atoms. The summed E-state index contributed by atoms with van der Waals surface area (Å²) in [4.78, 5) is 10.8. The number of hydrogen-bond donors (Lipinski definition) is 1. The van der Waals surface area contributed by atoms with Crippen molar-refractivity contribution in [2.45, 2.75) is 20.3 Å². The Morgan fingerprint density at radius 1 is 1.31 bits per heavy atom. The highest BCUT2D eigenvalue weighted by Gasteiger charge is 2.29. The molecule has 0 radical (unpaired) electrons. The van der Waals surface area contributed by atoms with Crippen molar-refractivity contribution in [2.75, 3.05) is 0 Å². The second-order valence-electron chi connectivity index (χ2n) is 4.23. The first-order chi connectivity index (χ1) is 7.24. The summed E-state index contributed by atoms with van der Waals surface area (Å²) in [6.45, 7) is 2.72. The average Bonchev–Trinajstić information content (AvgIpc) is 2.12. The van der Waals surface area contributed by atoms with E-state index in [0.717, 1.165) is 6.07 Å². The second kappa shape index (κ2) is 4.15. The SMILES string of the molecule is CC(C)(Cc1cc(F)cc(F)c1F)C(=O)O. The van der Waals surface area contributed by atoms with Crippen LogP contribution in [0.25, 0.3) is 0 Å². The van der Waals surface area contributed by atoms with E-state index in [4.69, 9.17) is 5.11 Å². The van der Waals surface area contributed by atoms with Crippen LogP contribution in [0.2, 0.25) is 0 Å². The first-order valence-corrected chi connectivity index (χ1v) is 4.61. The molecule has 1 N–H and O–H groups in total. The molecular weight excluding hydrogens is 221 g/mol. The zero-order valence-corrected chi connectivity index (χ0v) is 8.85. The lowest BCUT2D eigenvalue weighted by Gasteiger charge is -2.19. The molecule has 0 bridgehead atoms. The van der Waals surface area contributed by atoms with Crippen LogP contribution in [0.5, 0.6) is 0 Å². The van der Waals surface area contributed by atoms with Crippen molar-refractivity contribution in [3.05, 3.63) is 35.1 Å². The van der Waals surface area contributed by atoms with E-state index in [-0.39, 0.29) is 12.0 Å². The summed E-state index contributed by atoms with van der Waals surface area (Å²) in [6.07, 6.45) is -0.275. The Labute approximate surface area is 90.7 Å². The topological polar surface area (TPSA) is 37.3 Å². The van der Waals surface area contributed by atoms with Gasteiger partial charge in [-0.05, 0) is 31.9 Å². The largest absolute Gasteiger partial charge is 0.481 e. The predicted molar refractivity (Wildman–Crippen MR) is 51.4 cm³/mol. The molecule has 88 valence electrons. The summed E-state index contributed by atoms with van der Waals surface area (Å²) in [7, 11) is 0. The molecule has 0 atom stereocenters. The first kappa shape index (κ1) is 12.5. The third-order valence-electron chi connectivity index (χ3n) is 2.28. The molecule has 0 saturated heterocycles.